The molecule has 2 amide bonds. The lowest BCUT2D eigenvalue weighted by Gasteiger charge is -2.31. The Bertz CT molecular complexity index is 1150. The molecule has 2 atom stereocenters. The number of aromatic nitrogens is 2. The van der Waals surface area contributed by atoms with Crippen LogP contribution < -0.4 is 0 Å². The third kappa shape index (κ3) is 3.60. The Morgan fingerprint density at radius 2 is 1.84 bits per heavy atom. The average molecular weight is 447 g/mol. The predicted octanol–water partition coefficient (Wildman–Crippen LogP) is 3.95. The first-order valence-corrected chi connectivity index (χ1v) is 11.9. The van der Waals surface area contributed by atoms with E-state index >= 15 is 0 Å². The normalized spacial score (nSPS) is 22.2. The fourth-order valence-electron chi connectivity index (χ4n) is 4.67. The molecule has 0 unspecified atom stereocenters. The standard InChI is InChI=1S/C25H26N4O2S/c1-25-14-13-22(30)29(25)21(17-32-25)24(31)27(2)15-19-16-28(20-11-7-4-8-12-20)26-23(19)18-9-5-3-6-10-18/h3-12,16,21H,13-15,17H2,1-2H3/t21-,25+/m1/s1. The summed E-state index contributed by atoms with van der Waals surface area (Å²) < 4.78 is 1.86. The molecule has 0 saturated carbocycles. The lowest BCUT2D eigenvalue weighted by Crippen LogP contribution is -2.50. The summed E-state index contributed by atoms with van der Waals surface area (Å²) in [5, 5.41) is 4.85. The van der Waals surface area contributed by atoms with Crippen LogP contribution in [-0.4, -0.2) is 55.1 Å². The van der Waals surface area contributed by atoms with Gasteiger partial charge in [-0.05, 0) is 25.5 Å². The second-order valence-corrected chi connectivity index (χ2v) is 10.1. The van der Waals surface area contributed by atoms with E-state index in [-0.39, 0.29) is 16.7 Å². The number of amides is 2. The van der Waals surface area contributed by atoms with E-state index in [1.165, 1.54) is 0 Å². The van der Waals surface area contributed by atoms with Crippen molar-refractivity contribution in [2.75, 3.05) is 12.8 Å². The van der Waals surface area contributed by atoms with Crippen LogP contribution in [0, 0.1) is 0 Å². The van der Waals surface area contributed by atoms with E-state index in [2.05, 4.69) is 6.92 Å². The van der Waals surface area contributed by atoms with E-state index in [4.69, 9.17) is 5.10 Å². The molecule has 0 radical (unpaired) electrons. The lowest BCUT2D eigenvalue weighted by atomic mass is 10.1. The summed E-state index contributed by atoms with van der Waals surface area (Å²) in [5.74, 6) is 0.731. The largest absolute Gasteiger partial charge is 0.339 e. The van der Waals surface area contributed by atoms with Crippen molar-refractivity contribution in [1.82, 2.24) is 19.6 Å². The molecule has 2 aromatic carbocycles. The smallest absolute Gasteiger partial charge is 0.246 e. The van der Waals surface area contributed by atoms with Gasteiger partial charge >= 0.3 is 0 Å². The van der Waals surface area contributed by atoms with Crippen LogP contribution in [0.5, 0.6) is 0 Å². The molecule has 2 saturated heterocycles. The zero-order valence-electron chi connectivity index (χ0n) is 18.3. The number of thioether (sulfide) groups is 1. The van der Waals surface area contributed by atoms with Gasteiger partial charge in [0.25, 0.3) is 0 Å². The number of hydrogen-bond acceptors (Lipinski definition) is 4. The highest BCUT2D eigenvalue weighted by Gasteiger charge is 2.53. The Balaban J connectivity index is 1.43. The minimum Gasteiger partial charge on any atom is -0.339 e. The van der Waals surface area contributed by atoms with Crippen LogP contribution in [0.15, 0.2) is 66.9 Å². The molecule has 7 heteroatoms. The van der Waals surface area contributed by atoms with Crippen molar-refractivity contribution >= 4 is 23.6 Å². The van der Waals surface area contributed by atoms with Crippen molar-refractivity contribution < 1.29 is 9.59 Å². The number of benzene rings is 2. The molecule has 0 bridgehead atoms. The molecule has 2 fully saturated rings. The molecular formula is C25H26N4O2S. The summed E-state index contributed by atoms with van der Waals surface area (Å²) in [5.41, 5.74) is 3.81. The number of carbonyl (C=O) groups is 2. The van der Waals surface area contributed by atoms with Crippen molar-refractivity contribution in [1.29, 1.82) is 0 Å². The van der Waals surface area contributed by atoms with Gasteiger partial charge in [-0.1, -0.05) is 48.5 Å². The minimum absolute atomic E-state index is 0.0112. The van der Waals surface area contributed by atoms with Gasteiger partial charge in [0, 0.05) is 43.1 Å². The second-order valence-electron chi connectivity index (χ2n) is 8.61. The average Bonchev–Trinajstić information content (AvgIpc) is 3.48. The van der Waals surface area contributed by atoms with Gasteiger partial charge in [0.1, 0.15) is 6.04 Å². The molecule has 32 heavy (non-hydrogen) atoms. The second kappa shape index (κ2) is 8.13. The lowest BCUT2D eigenvalue weighted by molar-refractivity contribution is -0.143. The highest BCUT2D eigenvalue weighted by molar-refractivity contribution is 8.01. The van der Waals surface area contributed by atoms with Crippen molar-refractivity contribution in [3.8, 4) is 16.9 Å². The fraction of sp³-hybridized carbons (Fsp3) is 0.320. The van der Waals surface area contributed by atoms with Crippen molar-refractivity contribution in [3.05, 3.63) is 72.4 Å². The molecule has 1 aromatic heterocycles. The maximum atomic E-state index is 13.4. The minimum atomic E-state index is -0.394. The maximum Gasteiger partial charge on any atom is 0.246 e. The Kier molecular flexibility index (Phi) is 5.29. The van der Waals surface area contributed by atoms with Crippen LogP contribution >= 0.6 is 11.8 Å². The first-order valence-electron chi connectivity index (χ1n) is 10.9. The maximum absolute atomic E-state index is 13.4. The Labute approximate surface area is 192 Å². The highest BCUT2D eigenvalue weighted by Crippen LogP contribution is 2.47. The summed E-state index contributed by atoms with van der Waals surface area (Å²) in [6.07, 6.45) is 3.33. The van der Waals surface area contributed by atoms with Gasteiger partial charge in [0.2, 0.25) is 11.8 Å². The van der Waals surface area contributed by atoms with E-state index < -0.39 is 6.04 Å². The molecule has 3 aromatic rings. The van der Waals surface area contributed by atoms with Gasteiger partial charge in [0.05, 0.1) is 16.3 Å². The first-order chi connectivity index (χ1) is 15.5. The molecule has 0 aliphatic carbocycles. The fourth-order valence-corrected chi connectivity index (χ4v) is 6.09. The molecule has 3 heterocycles. The number of nitrogens with zero attached hydrogens (tertiary/aromatic N) is 4. The van der Waals surface area contributed by atoms with Gasteiger partial charge < -0.3 is 9.80 Å². The van der Waals surface area contributed by atoms with Crippen LogP contribution in [0.25, 0.3) is 16.9 Å². The van der Waals surface area contributed by atoms with Crippen molar-refractivity contribution in [2.45, 2.75) is 37.2 Å². The molecular weight excluding hydrogens is 420 g/mol. The summed E-state index contributed by atoms with van der Waals surface area (Å²) in [4.78, 5) is 29.2. The number of rotatable bonds is 5. The van der Waals surface area contributed by atoms with Crippen LogP contribution in [0.3, 0.4) is 0 Å². The number of para-hydroxylation sites is 1. The molecule has 0 spiro atoms. The Morgan fingerprint density at radius 3 is 2.56 bits per heavy atom. The van der Waals surface area contributed by atoms with Gasteiger partial charge in [0.15, 0.2) is 0 Å². The Hall–Kier alpha value is -3.06. The summed E-state index contributed by atoms with van der Waals surface area (Å²) in [6, 6.07) is 19.6. The zero-order chi connectivity index (χ0) is 22.3. The van der Waals surface area contributed by atoms with Gasteiger partial charge in [-0.2, -0.15) is 5.10 Å². The topological polar surface area (TPSA) is 58.4 Å². The van der Waals surface area contributed by atoms with Gasteiger partial charge in [-0.25, -0.2) is 4.68 Å². The van der Waals surface area contributed by atoms with E-state index in [0.29, 0.717) is 18.7 Å². The van der Waals surface area contributed by atoms with Crippen LogP contribution in [-0.2, 0) is 16.1 Å². The van der Waals surface area contributed by atoms with Crippen molar-refractivity contribution in [2.24, 2.45) is 0 Å². The van der Waals surface area contributed by atoms with E-state index in [0.717, 1.165) is 28.9 Å². The Morgan fingerprint density at radius 1 is 1.16 bits per heavy atom. The zero-order valence-corrected chi connectivity index (χ0v) is 19.1. The van der Waals surface area contributed by atoms with Gasteiger partial charge in [-0.3, -0.25) is 9.59 Å². The van der Waals surface area contributed by atoms with Crippen molar-refractivity contribution in [3.63, 3.8) is 0 Å². The summed E-state index contributed by atoms with van der Waals surface area (Å²) >= 11 is 1.72. The number of carbonyl (C=O) groups excluding carboxylic acids is 2. The molecule has 5 rings (SSSR count). The molecule has 2 aliphatic heterocycles. The predicted molar refractivity (Wildman–Crippen MR) is 126 cm³/mol. The number of hydrogen-bond donors (Lipinski definition) is 0. The van der Waals surface area contributed by atoms with Gasteiger partial charge in [-0.15, -0.1) is 11.8 Å². The third-order valence-corrected chi connectivity index (χ3v) is 7.88. The van der Waals surface area contributed by atoms with E-state index in [9.17, 15) is 9.59 Å². The number of fused-ring (bicyclic) bond motifs is 1. The van der Waals surface area contributed by atoms with E-state index in [1.807, 2.05) is 83.5 Å². The molecule has 6 nitrogen and oxygen atoms in total. The quantitative estimate of drug-likeness (QED) is 0.596. The molecule has 164 valence electrons. The summed E-state index contributed by atoms with van der Waals surface area (Å²) in [6.45, 7) is 2.50. The molecule has 0 N–H and O–H groups in total. The third-order valence-electron chi connectivity index (χ3n) is 6.37. The highest BCUT2D eigenvalue weighted by atomic mass is 32.2. The van der Waals surface area contributed by atoms with E-state index in [1.54, 1.807) is 16.7 Å². The van der Waals surface area contributed by atoms with Crippen LogP contribution in [0.2, 0.25) is 0 Å². The number of likely N-dealkylation sites (N-methyl/N-ethyl adjacent to an activating group) is 1. The van der Waals surface area contributed by atoms with Crippen LogP contribution in [0.4, 0.5) is 0 Å². The summed E-state index contributed by atoms with van der Waals surface area (Å²) in [7, 11) is 1.82. The van der Waals surface area contributed by atoms with Crippen LogP contribution in [0.1, 0.15) is 25.3 Å². The monoisotopic (exact) mass is 446 g/mol. The SMILES string of the molecule is CN(Cc1cn(-c2ccccc2)nc1-c1ccccc1)C(=O)[C@H]1CS[C@@]2(C)CCC(=O)N12. The molecule has 2 aliphatic rings. The first kappa shape index (κ1) is 20.8.